The van der Waals surface area contributed by atoms with Gasteiger partial charge in [0.2, 0.25) is 0 Å². The van der Waals surface area contributed by atoms with Crippen LogP contribution in [0.15, 0.2) is 42.0 Å². The number of fused-ring (bicyclic) bond motifs is 1. The largest absolute Gasteiger partial charge is 0.392 e. The van der Waals surface area contributed by atoms with Gasteiger partial charge in [-0.3, -0.25) is 0 Å². The smallest absolute Gasteiger partial charge is 0.0615 e. The fraction of sp³-hybridized carbons (Fsp3) is 0.231. The molecule has 1 aromatic rings. The number of aliphatic hydroxyl groups excluding tert-OH is 1. The van der Waals surface area contributed by atoms with Gasteiger partial charge >= 0.3 is 0 Å². The summed E-state index contributed by atoms with van der Waals surface area (Å²) in [5.41, 5.74) is 3.73. The van der Waals surface area contributed by atoms with Crippen LogP contribution in [0.3, 0.4) is 0 Å². The lowest BCUT2D eigenvalue weighted by Crippen LogP contribution is -2.23. The molecule has 0 atom stereocenters. The molecule has 1 aliphatic heterocycles. The van der Waals surface area contributed by atoms with Crippen molar-refractivity contribution in [2.45, 2.75) is 0 Å². The third-order valence-corrected chi connectivity index (χ3v) is 2.55. The number of para-hydroxylation sites is 1. The molecule has 1 aliphatic rings. The first-order valence-corrected chi connectivity index (χ1v) is 5.09. The standard InChI is InChI=1S/C13H15NO/c1-14-10-11(5-4-8-15)9-12-6-2-3-7-13(12)14/h2-7,9,15H,8,10H2,1H3/b5-4+. The van der Waals surface area contributed by atoms with Crippen LogP contribution in [-0.2, 0) is 0 Å². The number of benzene rings is 1. The average Bonchev–Trinajstić information content (AvgIpc) is 2.26. The molecule has 0 fully saturated rings. The van der Waals surface area contributed by atoms with Gasteiger partial charge in [-0.15, -0.1) is 0 Å². The summed E-state index contributed by atoms with van der Waals surface area (Å²) in [6, 6.07) is 8.33. The van der Waals surface area contributed by atoms with Gasteiger partial charge < -0.3 is 10.0 Å². The Morgan fingerprint density at radius 2 is 2.20 bits per heavy atom. The molecular weight excluding hydrogens is 186 g/mol. The molecule has 1 aromatic carbocycles. The van der Waals surface area contributed by atoms with Gasteiger partial charge in [0.1, 0.15) is 0 Å². The molecule has 15 heavy (non-hydrogen) atoms. The summed E-state index contributed by atoms with van der Waals surface area (Å²) in [5, 5.41) is 8.73. The second-order valence-electron chi connectivity index (χ2n) is 3.72. The van der Waals surface area contributed by atoms with Crippen LogP contribution in [0.25, 0.3) is 6.08 Å². The number of rotatable bonds is 2. The number of likely N-dealkylation sites (N-methyl/N-ethyl adjacent to an activating group) is 1. The van der Waals surface area contributed by atoms with Gasteiger partial charge in [-0.05, 0) is 23.3 Å². The Morgan fingerprint density at radius 3 is 3.00 bits per heavy atom. The van der Waals surface area contributed by atoms with Crippen LogP contribution >= 0.6 is 0 Å². The summed E-state index contributed by atoms with van der Waals surface area (Å²) in [5.74, 6) is 0. The molecular formula is C13H15NO. The summed E-state index contributed by atoms with van der Waals surface area (Å²) in [6.45, 7) is 0.996. The molecule has 0 amide bonds. The van der Waals surface area contributed by atoms with Crippen molar-refractivity contribution in [3.8, 4) is 0 Å². The van der Waals surface area contributed by atoms with Crippen molar-refractivity contribution >= 4 is 11.8 Å². The maximum absolute atomic E-state index is 8.73. The van der Waals surface area contributed by atoms with E-state index in [1.165, 1.54) is 16.8 Å². The molecule has 1 N–H and O–H groups in total. The van der Waals surface area contributed by atoms with Crippen LogP contribution in [0.5, 0.6) is 0 Å². The van der Waals surface area contributed by atoms with Gasteiger partial charge in [0.15, 0.2) is 0 Å². The number of hydrogen-bond acceptors (Lipinski definition) is 2. The quantitative estimate of drug-likeness (QED) is 0.791. The zero-order valence-electron chi connectivity index (χ0n) is 8.85. The minimum atomic E-state index is 0.0999. The van der Waals surface area contributed by atoms with E-state index < -0.39 is 0 Å². The summed E-state index contributed by atoms with van der Waals surface area (Å²) < 4.78 is 0. The van der Waals surface area contributed by atoms with Gasteiger partial charge in [-0.2, -0.15) is 0 Å². The van der Waals surface area contributed by atoms with Crippen LogP contribution < -0.4 is 4.90 Å². The number of aliphatic hydroxyl groups is 1. The lowest BCUT2D eigenvalue weighted by atomic mass is 10.0. The van der Waals surface area contributed by atoms with E-state index in [1.54, 1.807) is 6.08 Å². The fourth-order valence-electron chi connectivity index (χ4n) is 1.87. The van der Waals surface area contributed by atoms with E-state index in [0.29, 0.717) is 0 Å². The lowest BCUT2D eigenvalue weighted by Gasteiger charge is -2.26. The summed E-state index contributed by atoms with van der Waals surface area (Å²) in [6.07, 6.45) is 5.92. The first-order chi connectivity index (χ1) is 7.31. The molecule has 2 heteroatoms. The molecule has 1 heterocycles. The molecule has 0 saturated carbocycles. The Labute approximate surface area is 90.2 Å². The Bertz CT molecular complexity index is 407. The van der Waals surface area contributed by atoms with Gasteiger partial charge in [-0.1, -0.05) is 30.4 Å². The van der Waals surface area contributed by atoms with E-state index in [9.17, 15) is 0 Å². The van der Waals surface area contributed by atoms with Crippen LogP contribution in [0.4, 0.5) is 5.69 Å². The van der Waals surface area contributed by atoms with E-state index >= 15 is 0 Å². The number of hydrogen-bond donors (Lipinski definition) is 1. The first-order valence-electron chi connectivity index (χ1n) is 5.09. The molecule has 0 spiro atoms. The van der Waals surface area contributed by atoms with Crippen LogP contribution in [0, 0.1) is 0 Å². The van der Waals surface area contributed by atoms with Crippen molar-refractivity contribution in [1.82, 2.24) is 0 Å². The molecule has 0 aliphatic carbocycles. The topological polar surface area (TPSA) is 23.5 Å². The van der Waals surface area contributed by atoms with Gasteiger partial charge in [0, 0.05) is 19.3 Å². The number of nitrogens with zero attached hydrogens (tertiary/aromatic N) is 1. The highest BCUT2D eigenvalue weighted by Crippen LogP contribution is 2.27. The van der Waals surface area contributed by atoms with Crippen molar-refractivity contribution in [2.75, 3.05) is 25.1 Å². The van der Waals surface area contributed by atoms with E-state index in [-0.39, 0.29) is 6.61 Å². The lowest BCUT2D eigenvalue weighted by molar-refractivity contribution is 0.342. The Balaban J connectivity index is 2.34. The maximum Gasteiger partial charge on any atom is 0.0615 e. The molecule has 0 radical (unpaired) electrons. The fourth-order valence-corrected chi connectivity index (χ4v) is 1.87. The summed E-state index contributed by atoms with van der Waals surface area (Å²) >= 11 is 0. The Kier molecular flexibility index (Phi) is 2.88. The zero-order chi connectivity index (χ0) is 10.7. The SMILES string of the molecule is CN1CC(/C=C/CO)=Cc2ccccc21. The normalized spacial score (nSPS) is 15.3. The molecule has 2 nitrogen and oxygen atoms in total. The third-order valence-electron chi connectivity index (χ3n) is 2.55. The second-order valence-corrected chi connectivity index (χ2v) is 3.72. The second kappa shape index (κ2) is 4.32. The Morgan fingerprint density at radius 1 is 1.40 bits per heavy atom. The minimum absolute atomic E-state index is 0.0999. The summed E-state index contributed by atoms with van der Waals surface area (Å²) in [7, 11) is 2.08. The van der Waals surface area contributed by atoms with Crippen LogP contribution in [0.1, 0.15) is 5.56 Å². The zero-order valence-corrected chi connectivity index (χ0v) is 8.85. The predicted molar refractivity (Wildman–Crippen MR) is 63.9 cm³/mol. The molecule has 78 valence electrons. The maximum atomic E-state index is 8.73. The molecule has 0 aromatic heterocycles. The average molecular weight is 201 g/mol. The molecule has 0 bridgehead atoms. The monoisotopic (exact) mass is 201 g/mol. The summed E-state index contributed by atoms with van der Waals surface area (Å²) in [4.78, 5) is 2.21. The van der Waals surface area contributed by atoms with Gasteiger partial charge in [-0.25, -0.2) is 0 Å². The van der Waals surface area contributed by atoms with Gasteiger partial charge in [0.25, 0.3) is 0 Å². The molecule has 0 saturated heterocycles. The highest BCUT2D eigenvalue weighted by atomic mass is 16.2. The van der Waals surface area contributed by atoms with Crippen molar-refractivity contribution in [1.29, 1.82) is 0 Å². The highest BCUT2D eigenvalue weighted by molar-refractivity contribution is 5.74. The van der Waals surface area contributed by atoms with Crippen LogP contribution in [-0.4, -0.2) is 25.3 Å². The highest BCUT2D eigenvalue weighted by Gasteiger charge is 2.11. The number of anilines is 1. The van der Waals surface area contributed by atoms with E-state index in [2.05, 4.69) is 36.2 Å². The molecule has 0 unspecified atom stereocenters. The first kappa shape index (κ1) is 9.99. The van der Waals surface area contributed by atoms with E-state index in [0.717, 1.165) is 6.54 Å². The van der Waals surface area contributed by atoms with Crippen molar-refractivity contribution in [2.24, 2.45) is 0 Å². The molecule has 2 rings (SSSR count). The van der Waals surface area contributed by atoms with Crippen molar-refractivity contribution < 1.29 is 5.11 Å². The van der Waals surface area contributed by atoms with Crippen molar-refractivity contribution in [3.05, 3.63) is 47.6 Å². The van der Waals surface area contributed by atoms with E-state index in [4.69, 9.17) is 5.11 Å². The van der Waals surface area contributed by atoms with Crippen molar-refractivity contribution in [3.63, 3.8) is 0 Å². The third kappa shape index (κ3) is 2.10. The van der Waals surface area contributed by atoms with Crippen LogP contribution in [0.2, 0.25) is 0 Å². The minimum Gasteiger partial charge on any atom is -0.392 e. The van der Waals surface area contributed by atoms with E-state index in [1.807, 2.05) is 12.1 Å². The predicted octanol–water partition coefficient (Wildman–Crippen LogP) is 2.07. The Hall–Kier alpha value is -1.54. The van der Waals surface area contributed by atoms with Gasteiger partial charge in [0.05, 0.1) is 6.61 Å².